The van der Waals surface area contributed by atoms with E-state index in [2.05, 4.69) is 42.3 Å². The van der Waals surface area contributed by atoms with Crippen molar-refractivity contribution in [2.45, 2.75) is 44.6 Å². The van der Waals surface area contributed by atoms with Gasteiger partial charge in [-0.05, 0) is 54.9 Å². The summed E-state index contributed by atoms with van der Waals surface area (Å²) in [5, 5.41) is 7.25. The first kappa shape index (κ1) is 30.2. The van der Waals surface area contributed by atoms with Crippen molar-refractivity contribution in [2.75, 3.05) is 76.8 Å². The lowest BCUT2D eigenvalue weighted by Gasteiger charge is -2.32. The SMILES string of the molecule is COc1cc2c(cc1Nc1ncc(Cl)c(N[C@@H]3CCCC[C@@H]3CN[SH](=O)=O)n1)CCN(CCN1CCOCC1)CC2. The number of thiol groups is 1. The molecule has 3 N–H and O–H groups in total. The zero-order valence-corrected chi connectivity index (χ0v) is 25.4. The van der Waals surface area contributed by atoms with E-state index in [-0.39, 0.29) is 12.0 Å². The summed E-state index contributed by atoms with van der Waals surface area (Å²) in [6.45, 7) is 8.31. The fourth-order valence-electron chi connectivity index (χ4n) is 6.06. The Kier molecular flexibility index (Phi) is 10.9. The average Bonchev–Trinajstić information content (AvgIpc) is 3.19. The van der Waals surface area contributed by atoms with Crippen molar-refractivity contribution >= 4 is 39.9 Å². The number of aromatic nitrogens is 2. The van der Waals surface area contributed by atoms with Crippen molar-refractivity contribution in [1.29, 1.82) is 0 Å². The monoisotopic (exact) mass is 607 g/mol. The number of fused-ring (bicyclic) bond motifs is 1. The van der Waals surface area contributed by atoms with Gasteiger partial charge in [0, 0.05) is 51.9 Å². The molecule has 0 radical (unpaired) electrons. The molecular formula is C28H42ClN7O4S. The summed E-state index contributed by atoms with van der Waals surface area (Å²) in [7, 11) is -0.940. The summed E-state index contributed by atoms with van der Waals surface area (Å²) in [5.74, 6) is 1.88. The number of ether oxygens (including phenoxy) is 2. The van der Waals surface area contributed by atoms with Crippen molar-refractivity contribution in [2.24, 2.45) is 5.92 Å². The van der Waals surface area contributed by atoms with Crippen LogP contribution in [0.25, 0.3) is 0 Å². The highest BCUT2D eigenvalue weighted by atomic mass is 35.5. The van der Waals surface area contributed by atoms with Gasteiger partial charge in [-0.1, -0.05) is 24.4 Å². The van der Waals surface area contributed by atoms with Crippen LogP contribution in [0.3, 0.4) is 0 Å². The van der Waals surface area contributed by atoms with Gasteiger partial charge in [0.2, 0.25) is 16.8 Å². The van der Waals surface area contributed by atoms with Gasteiger partial charge in [0.15, 0.2) is 5.82 Å². The maximum absolute atomic E-state index is 11.1. The van der Waals surface area contributed by atoms with Crippen LogP contribution >= 0.6 is 11.6 Å². The highest BCUT2D eigenvalue weighted by Crippen LogP contribution is 2.34. The summed E-state index contributed by atoms with van der Waals surface area (Å²) in [4.78, 5) is 14.2. The molecule has 5 rings (SSSR count). The van der Waals surface area contributed by atoms with Crippen LogP contribution in [0, 0.1) is 5.92 Å². The second kappa shape index (κ2) is 14.8. The average molecular weight is 608 g/mol. The van der Waals surface area contributed by atoms with Crippen molar-refractivity contribution in [3.05, 3.63) is 34.5 Å². The maximum Gasteiger partial charge on any atom is 0.229 e. The first-order valence-electron chi connectivity index (χ1n) is 14.6. The van der Waals surface area contributed by atoms with E-state index in [4.69, 9.17) is 26.1 Å². The Bertz CT molecular complexity index is 1240. The standard InChI is InChI=1S/C28H42ClN7O4S/c1-39-26-17-21-7-9-35(10-11-36-12-14-40-15-13-36)8-6-20(21)16-25(26)33-28-30-19-23(29)27(34-28)32-24-5-3-2-4-22(24)18-31-41(37)38/h16-17,19,22,24,41H,2-15,18H2,1H3,(H,31,37,38)(H2,30,32,33,34)/t22-,24-/m1/s1. The lowest BCUT2D eigenvalue weighted by atomic mass is 9.84. The third kappa shape index (κ3) is 8.42. The van der Waals surface area contributed by atoms with E-state index in [1.807, 2.05) is 0 Å². The normalized spacial score (nSPS) is 22.2. The van der Waals surface area contributed by atoms with Crippen LogP contribution in [0.5, 0.6) is 5.75 Å². The number of hydrogen-bond donors (Lipinski definition) is 4. The summed E-state index contributed by atoms with van der Waals surface area (Å²) in [5.41, 5.74) is 3.45. The number of morpholine rings is 1. The fourth-order valence-corrected chi connectivity index (χ4v) is 6.59. The van der Waals surface area contributed by atoms with Crippen LogP contribution in [0.2, 0.25) is 5.02 Å². The topological polar surface area (TPSA) is 121 Å². The van der Waals surface area contributed by atoms with E-state index in [9.17, 15) is 8.42 Å². The number of nitrogens with zero attached hydrogens (tertiary/aromatic N) is 4. The Morgan fingerprint density at radius 2 is 1.76 bits per heavy atom. The molecule has 13 heteroatoms. The molecule has 2 aromatic rings. The third-order valence-corrected chi connectivity index (χ3v) is 9.17. The van der Waals surface area contributed by atoms with Crippen molar-refractivity contribution in [3.8, 4) is 5.75 Å². The third-order valence-electron chi connectivity index (χ3n) is 8.46. The highest BCUT2D eigenvalue weighted by Gasteiger charge is 2.26. The summed E-state index contributed by atoms with van der Waals surface area (Å²) < 4.78 is 36.0. The van der Waals surface area contributed by atoms with E-state index < -0.39 is 10.9 Å². The van der Waals surface area contributed by atoms with Gasteiger partial charge >= 0.3 is 0 Å². The van der Waals surface area contributed by atoms with Crippen LogP contribution in [0.4, 0.5) is 17.5 Å². The molecule has 1 aromatic heterocycles. The zero-order chi connectivity index (χ0) is 28.6. The van der Waals surface area contributed by atoms with Crippen LogP contribution in [0.15, 0.2) is 18.3 Å². The molecule has 1 aromatic carbocycles. The summed E-state index contributed by atoms with van der Waals surface area (Å²) >= 11 is 6.49. The fraction of sp³-hybridized carbons (Fsp3) is 0.643. The number of anilines is 3. The van der Waals surface area contributed by atoms with Crippen LogP contribution < -0.4 is 20.1 Å². The van der Waals surface area contributed by atoms with Crippen LogP contribution in [-0.4, -0.2) is 100 Å². The van der Waals surface area contributed by atoms with Gasteiger partial charge in [0.05, 0.1) is 32.2 Å². The molecule has 3 heterocycles. The molecule has 2 atom stereocenters. The first-order valence-corrected chi connectivity index (χ1v) is 16.2. The minimum absolute atomic E-state index is 0.0691. The predicted molar refractivity (Wildman–Crippen MR) is 162 cm³/mol. The van der Waals surface area contributed by atoms with Crippen LogP contribution in [-0.2, 0) is 28.5 Å². The first-order chi connectivity index (χ1) is 20.0. The van der Waals surface area contributed by atoms with E-state index in [0.29, 0.717) is 23.3 Å². The quantitative estimate of drug-likeness (QED) is 0.284. The smallest absolute Gasteiger partial charge is 0.229 e. The van der Waals surface area contributed by atoms with Gasteiger partial charge in [-0.2, -0.15) is 4.98 Å². The molecule has 2 aliphatic heterocycles. The molecule has 3 aliphatic rings. The minimum Gasteiger partial charge on any atom is -0.495 e. The van der Waals surface area contributed by atoms with Crippen molar-refractivity contribution in [3.63, 3.8) is 0 Å². The van der Waals surface area contributed by atoms with Crippen LogP contribution in [0.1, 0.15) is 36.8 Å². The Morgan fingerprint density at radius 3 is 2.49 bits per heavy atom. The maximum atomic E-state index is 11.1. The molecule has 0 spiro atoms. The van der Waals surface area contributed by atoms with Gasteiger partial charge in [-0.3, -0.25) is 4.90 Å². The van der Waals surface area contributed by atoms with Gasteiger partial charge in [0.25, 0.3) is 0 Å². The molecule has 0 amide bonds. The van der Waals surface area contributed by atoms with Crippen molar-refractivity contribution in [1.82, 2.24) is 24.5 Å². The molecule has 226 valence electrons. The Hall–Kier alpha value is -2.22. The van der Waals surface area contributed by atoms with Gasteiger partial charge in [-0.25, -0.2) is 18.1 Å². The number of hydrogen-bond acceptors (Lipinski definition) is 10. The molecule has 1 saturated carbocycles. The summed E-state index contributed by atoms with van der Waals surface area (Å²) in [6.07, 6.45) is 7.56. The van der Waals surface area contributed by atoms with E-state index in [0.717, 1.165) is 102 Å². The molecule has 41 heavy (non-hydrogen) atoms. The Balaban J connectivity index is 1.25. The number of rotatable bonds is 11. The lowest BCUT2D eigenvalue weighted by Crippen LogP contribution is -2.42. The molecule has 1 saturated heterocycles. The van der Waals surface area contributed by atoms with Gasteiger partial charge in [-0.15, -0.1) is 0 Å². The second-order valence-corrected chi connectivity index (χ2v) is 12.3. The molecule has 2 fully saturated rings. The molecule has 1 aliphatic carbocycles. The Morgan fingerprint density at radius 1 is 1.05 bits per heavy atom. The van der Waals surface area contributed by atoms with E-state index in [1.165, 1.54) is 11.1 Å². The summed E-state index contributed by atoms with van der Waals surface area (Å²) in [6, 6.07) is 4.37. The molecule has 0 bridgehead atoms. The number of methoxy groups -OCH3 is 1. The molecular weight excluding hydrogens is 566 g/mol. The Labute approximate surface area is 249 Å². The van der Waals surface area contributed by atoms with E-state index >= 15 is 0 Å². The lowest BCUT2D eigenvalue weighted by molar-refractivity contribution is 0.0335. The van der Waals surface area contributed by atoms with E-state index in [1.54, 1.807) is 13.3 Å². The minimum atomic E-state index is -2.62. The zero-order valence-electron chi connectivity index (χ0n) is 23.7. The van der Waals surface area contributed by atoms with Crippen molar-refractivity contribution < 1.29 is 17.9 Å². The number of nitrogens with one attached hydrogen (secondary N) is 3. The molecule has 11 nitrogen and oxygen atoms in total. The number of benzene rings is 1. The number of halogens is 1. The molecule has 0 unspecified atom stereocenters. The highest BCUT2D eigenvalue weighted by molar-refractivity contribution is 7.70. The van der Waals surface area contributed by atoms with Gasteiger partial charge < -0.3 is 25.0 Å². The van der Waals surface area contributed by atoms with Gasteiger partial charge in [0.1, 0.15) is 10.8 Å². The second-order valence-electron chi connectivity index (χ2n) is 11.0. The largest absolute Gasteiger partial charge is 0.495 e. The predicted octanol–water partition coefficient (Wildman–Crippen LogP) is 2.70.